The Labute approximate surface area is 187 Å². The maximum Gasteiger partial charge on any atom is 0.416 e. The zero-order valence-corrected chi connectivity index (χ0v) is 18.7. The molecule has 1 N–H and O–H groups in total. The minimum Gasteiger partial charge on any atom is -0.493 e. The Morgan fingerprint density at radius 3 is 2.44 bits per heavy atom. The number of hydrogen-bond donors (Lipinski definition) is 1. The lowest BCUT2D eigenvalue weighted by Crippen LogP contribution is -2.19. The molecule has 32 heavy (non-hydrogen) atoms. The molecular weight excluding hydrogens is 443 g/mol. The first-order valence-corrected chi connectivity index (χ1v) is 10.4. The molecule has 1 heterocycles. The molecular formula is C22H22F3N3O3S. The van der Waals surface area contributed by atoms with Gasteiger partial charge in [-0.2, -0.15) is 13.2 Å². The van der Waals surface area contributed by atoms with Gasteiger partial charge in [0.15, 0.2) is 11.5 Å². The van der Waals surface area contributed by atoms with Crippen molar-refractivity contribution in [3.05, 3.63) is 53.0 Å². The van der Waals surface area contributed by atoms with Crippen LogP contribution < -0.4 is 19.7 Å². The highest BCUT2D eigenvalue weighted by molar-refractivity contribution is 7.13. The Bertz CT molecular complexity index is 1110. The molecule has 3 rings (SSSR count). The van der Waals surface area contributed by atoms with E-state index in [4.69, 9.17) is 9.47 Å². The van der Waals surface area contributed by atoms with Gasteiger partial charge in [-0.15, -0.1) is 11.3 Å². The number of nitrogens with one attached hydrogen (secondary N) is 1. The largest absolute Gasteiger partial charge is 0.493 e. The van der Waals surface area contributed by atoms with Gasteiger partial charge in [0.05, 0.1) is 43.3 Å². The number of ether oxygens (including phenoxy) is 2. The van der Waals surface area contributed by atoms with Crippen LogP contribution in [0.25, 0.3) is 10.6 Å². The van der Waals surface area contributed by atoms with E-state index in [1.165, 1.54) is 24.5 Å². The predicted octanol–water partition coefficient (Wildman–Crippen LogP) is 5.09. The Hall–Kier alpha value is -3.27. The lowest BCUT2D eigenvalue weighted by atomic mass is 10.1. The second-order valence-corrected chi connectivity index (χ2v) is 7.92. The SMILES string of the molecule is COc1ccc(-c2nc(CC(=O)Nc3cc(C(F)(F)F)ccc3N(C)C)cs2)cc1OC. The molecule has 2 aromatic carbocycles. The number of methoxy groups -OCH3 is 2. The van der Waals surface area contributed by atoms with Crippen molar-refractivity contribution in [1.82, 2.24) is 4.98 Å². The summed E-state index contributed by atoms with van der Waals surface area (Å²) < 4.78 is 49.8. The molecule has 0 unspecified atom stereocenters. The maximum absolute atomic E-state index is 13.1. The first-order valence-electron chi connectivity index (χ1n) is 9.47. The number of thiazole rings is 1. The minimum atomic E-state index is -4.51. The van der Waals surface area contributed by atoms with Crippen molar-refractivity contribution in [3.63, 3.8) is 0 Å². The van der Waals surface area contributed by atoms with Crippen molar-refractivity contribution in [2.75, 3.05) is 38.5 Å². The Morgan fingerprint density at radius 1 is 1.09 bits per heavy atom. The van der Waals surface area contributed by atoms with Crippen LogP contribution >= 0.6 is 11.3 Å². The average molecular weight is 465 g/mol. The van der Waals surface area contributed by atoms with Crippen LogP contribution in [0.4, 0.5) is 24.5 Å². The van der Waals surface area contributed by atoms with Crippen molar-refractivity contribution < 1.29 is 27.4 Å². The van der Waals surface area contributed by atoms with E-state index in [0.717, 1.165) is 17.7 Å². The topological polar surface area (TPSA) is 63.7 Å². The van der Waals surface area contributed by atoms with E-state index in [-0.39, 0.29) is 12.1 Å². The van der Waals surface area contributed by atoms with Gasteiger partial charge < -0.3 is 19.7 Å². The van der Waals surface area contributed by atoms with Gasteiger partial charge in [-0.25, -0.2) is 4.98 Å². The van der Waals surface area contributed by atoms with Crippen LogP contribution in [0, 0.1) is 0 Å². The number of nitrogens with zero attached hydrogens (tertiary/aromatic N) is 2. The highest BCUT2D eigenvalue weighted by Crippen LogP contribution is 2.36. The van der Waals surface area contributed by atoms with Crippen molar-refractivity contribution in [2.24, 2.45) is 0 Å². The first-order chi connectivity index (χ1) is 15.1. The van der Waals surface area contributed by atoms with Crippen LogP contribution in [0.15, 0.2) is 41.8 Å². The molecule has 0 aliphatic carbocycles. The summed E-state index contributed by atoms with van der Waals surface area (Å²) in [4.78, 5) is 18.7. The smallest absolute Gasteiger partial charge is 0.416 e. The molecule has 170 valence electrons. The van der Waals surface area contributed by atoms with Crippen molar-refractivity contribution in [2.45, 2.75) is 12.6 Å². The Balaban J connectivity index is 1.78. The Morgan fingerprint density at radius 2 is 1.81 bits per heavy atom. The second-order valence-electron chi connectivity index (χ2n) is 7.06. The third kappa shape index (κ3) is 5.31. The Kier molecular flexibility index (Phi) is 6.93. The number of halogens is 3. The molecule has 0 aliphatic heterocycles. The van der Waals surface area contributed by atoms with E-state index < -0.39 is 17.6 Å². The highest BCUT2D eigenvalue weighted by atomic mass is 32.1. The summed E-state index contributed by atoms with van der Waals surface area (Å²) in [7, 11) is 6.46. The summed E-state index contributed by atoms with van der Waals surface area (Å²) in [6, 6.07) is 8.63. The van der Waals surface area contributed by atoms with Gasteiger partial charge in [0, 0.05) is 25.0 Å². The monoisotopic (exact) mass is 465 g/mol. The number of carbonyl (C=O) groups excluding carboxylic acids is 1. The number of alkyl halides is 3. The zero-order chi connectivity index (χ0) is 23.5. The molecule has 6 nitrogen and oxygen atoms in total. The van der Waals surface area contributed by atoms with E-state index in [9.17, 15) is 18.0 Å². The van der Waals surface area contributed by atoms with Gasteiger partial charge in [0.25, 0.3) is 0 Å². The van der Waals surface area contributed by atoms with Crippen LogP contribution in [0.2, 0.25) is 0 Å². The fourth-order valence-electron chi connectivity index (χ4n) is 3.05. The molecule has 1 amide bonds. The van der Waals surface area contributed by atoms with Crippen molar-refractivity contribution >= 4 is 28.6 Å². The van der Waals surface area contributed by atoms with Gasteiger partial charge >= 0.3 is 6.18 Å². The molecule has 10 heteroatoms. The lowest BCUT2D eigenvalue weighted by molar-refractivity contribution is -0.137. The minimum absolute atomic E-state index is 0.0765. The molecule has 0 spiro atoms. The van der Waals surface area contributed by atoms with Crippen LogP contribution in [0.5, 0.6) is 11.5 Å². The number of anilines is 2. The lowest BCUT2D eigenvalue weighted by Gasteiger charge is -2.19. The molecule has 0 fully saturated rings. The average Bonchev–Trinajstić information content (AvgIpc) is 3.20. The quantitative estimate of drug-likeness (QED) is 0.527. The first kappa shape index (κ1) is 23.4. The number of benzene rings is 2. The molecule has 0 bridgehead atoms. The number of rotatable bonds is 7. The summed E-state index contributed by atoms with van der Waals surface area (Å²) >= 11 is 1.35. The predicted molar refractivity (Wildman–Crippen MR) is 119 cm³/mol. The summed E-state index contributed by atoms with van der Waals surface area (Å²) in [6.07, 6.45) is -4.58. The summed E-state index contributed by atoms with van der Waals surface area (Å²) in [6.45, 7) is 0. The van der Waals surface area contributed by atoms with E-state index >= 15 is 0 Å². The van der Waals surface area contributed by atoms with Gasteiger partial charge in [0.2, 0.25) is 5.91 Å². The van der Waals surface area contributed by atoms with E-state index in [1.807, 2.05) is 6.07 Å². The molecule has 0 atom stereocenters. The van der Waals surface area contributed by atoms with E-state index in [0.29, 0.717) is 27.9 Å². The van der Waals surface area contributed by atoms with Crippen LogP contribution in [0.3, 0.4) is 0 Å². The third-order valence-electron chi connectivity index (χ3n) is 4.60. The number of carbonyl (C=O) groups is 1. The summed E-state index contributed by atoms with van der Waals surface area (Å²) in [5.74, 6) is 0.682. The van der Waals surface area contributed by atoms with Gasteiger partial charge in [-0.05, 0) is 36.4 Å². The molecule has 0 saturated heterocycles. The number of amides is 1. The molecule has 1 aromatic heterocycles. The normalized spacial score (nSPS) is 11.2. The van der Waals surface area contributed by atoms with Crippen LogP contribution in [-0.2, 0) is 17.4 Å². The maximum atomic E-state index is 13.1. The fraction of sp³-hybridized carbons (Fsp3) is 0.273. The second kappa shape index (κ2) is 9.47. The molecule has 0 saturated carbocycles. The summed E-state index contributed by atoms with van der Waals surface area (Å²) in [5, 5.41) is 5.01. The van der Waals surface area contributed by atoms with Crippen molar-refractivity contribution in [1.29, 1.82) is 0 Å². The zero-order valence-electron chi connectivity index (χ0n) is 17.9. The van der Waals surface area contributed by atoms with E-state index in [1.54, 1.807) is 43.6 Å². The van der Waals surface area contributed by atoms with Gasteiger partial charge in [-0.1, -0.05) is 0 Å². The highest BCUT2D eigenvalue weighted by Gasteiger charge is 2.31. The number of hydrogen-bond acceptors (Lipinski definition) is 6. The van der Waals surface area contributed by atoms with Crippen molar-refractivity contribution in [3.8, 4) is 22.1 Å². The van der Waals surface area contributed by atoms with Crippen LogP contribution in [0.1, 0.15) is 11.3 Å². The standard InChI is InChI=1S/C22H22F3N3O3S/c1-28(2)17-7-6-14(22(23,24)25)10-16(17)27-20(29)11-15-12-32-21(26-15)13-5-8-18(30-3)19(9-13)31-4/h5-10,12H,11H2,1-4H3,(H,27,29). The third-order valence-corrected chi connectivity index (χ3v) is 5.54. The molecule has 0 aliphatic rings. The van der Waals surface area contributed by atoms with Crippen LogP contribution in [-0.4, -0.2) is 39.2 Å². The van der Waals surface area contributed by atoms with E-state index in [2.05, 4.69) is 10.3 Å². The van der Waals surface area contributed by atoms with Gasteiger partial charge in [0.1, 0.15) is 5.01 Å². The summed E-state index contributed by atoms with van der Waals surface area (Å²) in [5.41, 5.74) is 1.03. The van der Waals surface area contributed by atoms with Gasteiger partial charge in [-0.3, -0.25) is 4.79 Å². The fourth-order valence-corrected chi connectivity index (χ4v) is 3.87. The number of aromatic nitrogens is 1. The molecule has 3 aromatic rings. The molecule has 0 radical (unpaired) electrons.